The minimum Gasteiger partial charge on any atom is -0.495 e. The maximum absolute atomic E-state index is 13.0. The zero-order valence-corrected chi connectivity index (χ0v) is 17.6. The van der Waals surface area contributed by atoms with Crippen molar-refractivity contribution in [2.24, 2.45) is 5.92 Å². The first-order valence-corrected chi connectivity index (χ1v) is 10.3. The number of aromatic amines is 1. The Kier molecular flexibility index (Phi) is 5.97. The molecule has 2 N–H and O–H groups in total. The number of H-pyrrole nitrogens is 1. The molecule has 0 saturated carbocycles. The second kappa shape index (κ2) is 8.99. The second-order valence-corrected chi connectivity index (χ2v) is 7.67. The van der Waals surface area contributed by atoms with Gasteiger partial charge in [-0.1, -0.05) is 12.1 Å². The normalized spacial score (nSPS) is 16.1. The van der Waals surface area contributed by atoms with Crippen molar-refractivity contribution in [3.05, 3.63) is 59.9 Å². The highest BCUT2D eigenvalue weighted by molar-refractivity contribution is 5.96. The number of carbonyl (C=O) groups excluding carboxylic acids is 2. The Morgan fingerprint density at radius 2 is 2.06 bits per heavy atom. The molecule has 0 radical (unpaired) electrons. The lowest BCUT2D eigenvalue weighted by molar-refractivity contribution is -0.121. The molecule has 160 valence electrons. The minimum absolute atomic E-state index is 0.111. The van der Waals surface area contributed by atoms with Crippen molar-refractivity contribution in [2.75, 3.05) is 25.5 Å². The molecule has 0 aliphatic carbocycles. The fourth-order valence-electron chi connectivity index (χ4n) is 3.78. The lowest BCUT2D eigenvalue weighted by atomic mass is 9.96. The molecule has 2 aromatic heterocycles. The summed E-state index contributed by atoms with van der Waals surface area (Å²) in [5, 5.41) is 9.99. The first kappa shape index (κ1) is 20.6. The molecule has 1 saturated heterocycles. The van der Waals surface area contributed by atoms with Crippen LogP contribution in [-0.2, 0) is 4.79 Å². The van der Waals surface area contributed by atoms with Crippen LogP contribution in [0.3, 0.4) is 0 Å². The van der Waals surface area contributed by atoms with E-state index in [0.29, 0.717) is 41.6 Å². The van der Waals surface area contributed by atoms with Gasteiger partial charge < -0.3 is 15.0 Å². The average Bonchev–Trinajstić information content (AvgIpc) is 3.30. The molecule has 31 heavy (non-hydrogen) atoms. The van der Waals surface area contributed by atoms with E-state index in [-0.39, 0.29) is 17.7 Å². The minimum atomic E-state index is -0.291. The number of nitrogens with zero attached hydrogens (tertiary/aromatic N) is 3. The number of piperidine rings is 1. The highest BCUT2D eigenvalue weighted by Gasteiger charge is 2.30. The molecule has 1 unspecified atom stereocenters. The standard InChI is InChI=1S/C23H25N5O3/c1-15-8-9-21(31-2)19(12-15)25-22(29)16-6-5-11-28(14-16)23(30)20-13-18(26-27-20)17-7-3-4-10-24-17/h3-4,7-10,12-13,16H,5-6,11,14H2,1-2H3,(H,25,29)(H,26,27). The van der Waals surface area contributed by atoms with E-state index in [4.69, 9.17) is 4.74 Å². The van der Waals surface area contributed by atoms with Crippen LogP contribution in [0.5, 0.6) is 5.75 Å². The second-order valence-electron chi connectivity index (χ2n) is 7.67. The Morgan fingerprint density at radius 3 is 2.84 bits per heavy atom. The van der Waals surface area contributed by atoms with Crippen molar-refractivity contribution in [1.29, 1.82) is 0 Å². The summed E-state index contributed by atoms with van der Waals surface area (Å²) in [7, 11) is 1.57. The van der Waals surface area contributed by atoms with E-state index in [1.807, 2.05) is 43.3 Å². The number of likely N-dealkylation sites (tertiary alicyclic amines) is 1. The van der Waals surface area contributed by atoms with Crippen LogP contribution in [-0.4, -0.2) is 52.1 Å². The van der Waals surface area contributed by atoms with E-state index in [1.54, 1.807) is 24.3 Å². The third-order valence-electron chi connectivity index (χ3n) is 5.43. The van der Waals surface area contributed by atoms with Crippen LogP contribution >= 0.6 is 0 Å². The van der Waals surface area contributed by atoms with E-state index in [2.05, 4.69) is 20.5 Å². The van der Waals surface area contributed by atoms with Gasteiger partial charge in [-0.2, -0.15) is 5.10 Å². The van der Waals surface area contributed by atoms with Gasteiger partial charge >= 0.3 is 0 Å². The highest BCUT2D eigenvalue weighted by Crippen LogP contribution is 2.27. The van der Waals surface area contributed by atoms with E-state index < -0.39 is 0 Å². The van der Waals surface area contributed by atoms with Crippen LogP contribution in [0.25, 0.3) is 11.4 Å². The van der Waals surface area contributed by atoms with Gasteiger partial charge in [0, 0.05) is 19.3 Å². The molecule has 1 aliphatic heterocycles. The summed E-state index contributed by atoms with van der Waals surface area (Å²) < 4.78 is 5.35. The first-order chi connectivity index (χ1) is 15.0. The van der Waals surface area contributed by atoms with Gasteiger partial charge in [0.2, 0.25) is 5.91 Å². The van der Waals surface area contributed by atoms with Crippen molar-refractivity contribution in [2.45, 2.75) is 19.8 Å². The molecule has 4 rings (SSSR count). The number of amides is 2. The summed E-state index contributed by atoms with van der Waals surface area (Å²) in [5.74, 6) is 0.0452. The van der Waals surface area contributed by atoms with Gasteiger partial charge in [0.05, 0.1) is 24.4 Å². The monoisotopic (exact) mass is 419 g/mol. The topological polar surface area (TPSA) is 100 Å². The van der Waals surface area contributed by atoms with Crippen LogP contribution in [0.2, 0.25) is 0 Å². The van der Waals surface area contributed by atoms with Gasteiger partial charge in [-0.25, -0.2) is 0 Å². The average molecular weight is 419 g/mol. The summed E-state index contributed by atoms with van der Waals surface area (Å²) in [5.41, 5.74) is 3.37. The molecule has 3 aromatic rings. The molecule has 0 spiro atoms. The molecule has 1 atom stereocenters. The molecular formula is C23H25N5O3. The number of methoxy groups -OCH3 is 1. The number of benzene rings is 1. The van der Waals surface area contributed by atoms with Crippen LogP contribution < -0.4 is 10.1 Å². The predicted molar refractivity (Wildman–Crippen MR) is 117 cm³/mol. The number of carbonyl (C=O) groups is 2. The Balaban J connectivity index is 1.44. The van der Waals surface area contributed by atoms with E-state index in [9.17, 15) is 9.59 Å². The van der Waals surface area contributed by atoms with Crippen LogP contribution in [0.15, 0.2) is 48.7 Å². The summed E-state index contributed by atoms with van der Waals surface area (Å²) in [4.78, 5) is 31.9. The summed E-state index contributed by atoms with van der Waals surface area (Å²) in [6.07, 6.45) is 3.17. The van der Waals surface area contributed by atoms with Gasteiger partial charge in [0.15, 0.2) is 0 Å². The van der Waals surface area contributed by atoms with Gasteiger partial charge in [-0.15, -0.1) is 0 Å². The number of ether oxygens (including phenoxy) is 1. The molecule has 1 aliphatic rings. The van der Waals surface area contributed by atoms with Crippen molar-refractivity contribution in [1.82, 2.24) is 20.1 Å². The number of hydrogen-bond acceptors (Lipinski definition) is 5. The molecule has 1 fully saturated rings. The number of aryl methyl sites for hydroxylation is 1. The number of rotatable bonds is 5. The lowest BCUT2D eigenvalue weighted by Gasteiger charge is -2.31. The lowest BCUT2D eigenvalue weighted by Crippen LogP contribution is -2.43. The van der Waals surface area contributed by atoms with Crippen LogP contribution in [0, 0.1) is 12.8 Å². The zero-order chi connectivity index (χ0) is 21.8. The summed E-state index contributed by atoms with van der Waals surface area (Å²) in [6, 6.07) is 12.9. The zero-order valence-electron chi connectivity index (χ0n) is 17.6. The fourth-order valence-corrected chi connectivity index (χ4v) is 3.78. The van der Waals surface area contributed by atoms with Crippen molar-refractivity contribution in [3.63, 3.8) is 0 Å². The maximum Gasteiger partial charge on any atom is 0.271 e. The molecule has 8 nitrogen and oxygen atoms in total. The fraction of sp³-hybridized carbons (Fsp3) is 0.304. The Hall–Kier alpha value is -3.68. The van der Waals surface area contributed by atoms with Crippen molar-refractivity contribution >= 4 is 17.5 Å². The Bertz CT molecular complexity index is 1080. The molecule has 3 heterocycles. The largest absolute Gasteiger partial charge is 0.495 e. The molecule has 2 amide bonds. The van der Waals surface area contributed by atoms with Crippen LogP contribution in [0.1, 0.15) is 28.9 Å². The SMILES string of the molecule is COc1ccc(C)cc1NC(=O)C1CCCN(C(=O)c2cc(-c3ccccn3)n[nH]2)C1. The number of pyridine rings is 1. The third-order valence-corrected chi connectivity index (χ3v) is 5.43. The Labute approximate surface area is 180 Å². The molecular weight excluding hydrogens is 394 g/mol. The highest BCUT2D eigenvalue weighted by atomic mass is 16.5. The van der Waals surface area contributed by atoms with Gasteiger partial charge in [0.1, 0.15) is 17.1 Å². The van der Waals surface area contributed by atoms with Crippen LogP contribution in [0.4, 0.5) is 5.69 Å². The number of hydrogen-bond donors (Lipinski definition) is 2. The van der Waals surface area contributed by atoms with Crippen molar-refractivity contribution < 1.29 is 14.3 Å². The number of aromatic nitrogens is 3. The smallest absolute Gasteiger partial charge is 0.271 e. The molecule has 1 aromatic carbocycles. The summed E-state index contributed by atoms with van der Waals surface area (Å²) >= 11 is 0. The first-order valence-electron chi connectivity index (χ1n) is 10.3. The predicted octanol–water partition coefficient (Wildman–Crippen LogP) is 3.28. The maximum atomic E-state index is 13.0. The summed E-state index contributed by atoms with van der Waals surface area (Å²) in [6.45, 7) is 2.92. The van der Waals surface area contributed by atoms with E-state index >= 15 is 0 Å². The van der Waals surface area contributed by atoms with E-state index in [1.165, 1.54) is 0 Å². The van der Waals surface area contributed by atoms with Crippen molar-refractivity contribution in [3.8, 4) is 17.1 Å². The Morgan fingerprint density at radius 1 is 1.19 bits per heavy atom. The molecule has 0 bridgehead atoms. The van der Waals surface area contributed by atoms with Gasteiger partial charge in [0.25, 0.3) is 5.91 Å². The quantitative estimate of drug-likeness (QED) is 0.661. The molecule has 8 heteroatoms. The van der Waals surface area contributed by atoms with E-state index in [0.717, 1.165) is 18.4 Å². The number of anilines is 1. The third kappa shape index (κ3) is 4.58. The van der Waals surface area contributed by atoms with Gasteiger partial charge in [-0.3, -0.25) is 19.7 Å². The number of nitrogens with one attached hydrogen (secondary N) is 2. The van der Waals surface area contributed by atoms with Gasteiger partial charge in [-0.05, 0) is 55.7 Å².